The number of benzene rings is 1. The molecule has 0 spiro atoms. The molecule has 1 aliphatic carbocycles. The van der Waals surface area contributed by atoms with Gasteiger partial charge in [0, 0.05) is 12.5 Å². The summed E-state index contributed by atoms with van der Waals surface area (Å²) in [6.45, 7) is 1.31. The maximum Gasteiger partial charge on any atom is 0.459 e. The molecule has 0 amide bonds. The van der Waals surface area contributed by atoms with Gasteiger partial charge in [-0.1, -0.05) is 18.2 Å². The van der Waals surface area contributed by atoms with Crippen LogP contribution in [0.3, 0.4) is 0 Å². The Labute approximate surface area is 218 Å². The van der Waals surface area contributed by atoms with E-state index in [-0.39, 0.29) is 30.4 Å². The van der Waals surface area contributed by atoms with Crippen LogP contribution in [0.5, 0.6) is 5.75 Å². The van der Waals surface area contributed by atoms with Crippen molar-refractivity contribution in [2.45, 2.75) is 50.6 Å². The standard InChI is InChI=1S/C23H29N8O6P/c1-13(22(32)34-2)30-38(33,37-15-6-4-3-5-7-15)35-11-16-10-17(24)21(36-16)31-12-26-18-19(27-14-8-9-14)28-23(25)29-20(18)31/h3-7,12-14,16,21,24H,8-11H2,1-2H3,(H,30,33)(H3,25,27,28,29)/t13-,16-,21+,38+/m0/s1. The highest BCUT2D eigenvalue weighted by atomic mass is 31.2. The summed E-state index contributed by atoms with van der Waals surface area (Å²) in [5, 5.41) is 14.4. The molecule has 1 aromatic carbocycles. The number of imidazole rings is 1. The minimum absolute atomic E-state index is 0.0802. The number of nitrogens with zero attached hydrogens (tertiary/aromatic N) is 4. The summed E-state index contributed by atoms with van der Waals surface area (Å²) in [7, 11) is -2.81. The Morgan fingerprint density at radius 1 is 1.32 bits per heavy atom. The van der Waals surface area contributed by atoms with Gasteiger partial charge in [-0.05, 0) is 31.9 Å². The molecule has 1 saturated heterocycles. The number of anilines is 2. The summed E-state index contributed by atoms with van der Waals surface area (Å²) in [6, 6.07) is 7.81. The average molecular weight is 545 g/mol. The van der Waals surface area contributed by atoms with Crippen molar-refractivity contribution in [3.8, 4) is 5.75 Å². The topological polar surface area (TPSA) is 189 Å². The van der Waals surface area contributed by atoms with E-state index in [0.717, 1.165) is 12.8 Å². The molecule has 1 saturated carbocycles. The fourth-order valence-corrected chi connectivity index (χ4v) is 5.50. The first kappa shape index (κ1) is 26.0. The van der Waals surface area contributed by atoms with Gasteiger partial charge < -0.3 is 30.5 Å². The molecule has 38 heavy (non-hydrogen) atoms. The number of rotatable bonds is 11. The number of nitrogens with two attached hydrogens (primary N) is 1. The molecular formula is C23H29N8O6P. The van der Waals surface area contributed by atoms with Crippen molar-refractivity contribution in [1.29, 1.82) is 5.41 Å². The molecule has 3 aromatic rings. The van der Waals surface area contributed by atoms with E-state index < -0.39 is 32.1 Å². The number of nitrogen functional groups attached to an aromatic ring is 1. The van der Waals surface area contributed by atoms with Crippen LogP contribution in [0.2, 0.25) is 0 Å². The Morgan fingerprint density at radius 3 is 2.79 bits per heavy atom. The number of para-hydroxylation sites is 1. The zero-order valence-electron chi connectivity index (χ0n) is 20.9. The molecule has 202 valence electrons. The van der Waals surface area contributed by atoms with Gasteiger partial charge in [0.05, 0.1) is 31.9 Å². The van der Waals surface area contributed by atoms with Gasteiger partial charge >= 0.3 is 13.7 Å². The minimum atomic E-state index is -4.04. The lowest BCUT2D eigenvalue weighted by Gasteiger charge is -2.23. The number of hydrogen-bond acceptors (Lipinski definition) is 12. The molecule has 0 bridgehead atoms. The smallest absolute Gasteiger partial charge is 0.459 e. The number of carbonyl (C=O) groups excluding carboxylic acids is 1. The van der Waals surface area contributed by atoms with Crippen LogP contribution in [-0.2, 0) is 23.4 Å². The summed E-state index contributed by atoms with van der Waals surface area (Å²) < 4.78 is 37.3. The molecule has 3 heterocycles. The van der Waals surface area contributed by atoms with E-state index in [2.05, 4.69) is 25.4 Å². The lowest BCUT2D eigenvalue weighted by atomic mass is 10.2. The van der Waals surface area contributed by atoms with Crippen molar-refractivity contribution in [2.24, 2.45) is 0 Å². The molecule has 5 rings (SSSR count). The minimum Gasteiger partial charge on any atom is -0.468 e. The SMILES string of the molecule is COC(=O)[C@H](C)N[P@@](=O)(OC[C@@H]1CC(=N)[C@H](n2cnc3c(NC4CC4)nc(N)nc32)O1)Oc1ccccc1. The molecule has 5 N–H and O–H groups in total. The fraction of sp³-hybridized carbons (Fsp3) is 0.435. The number of esters is 1. The first-order valence-electron chi connectivity index (χ1n) is 12.1. The van der Waals surface area contributed by atoms with Crippen LogP contribution in [0, 0.1) is 5.41 Å². The van der Waals surface area contributed by atoms with E-state index in [1.807, 2.05) is 0 Å². The van der Waals surface area contributed by atoms with Gasteiger partial charge in [-0.15, -0.1) is 0 Å². The second kappa shape index (κ2) is 10.7. The van der Waals surface area contributed by atoms with Crippen LogP contribution in [-0.4, -0.2) is 63.1 Å². The molecule has 14 nitrogen and oxygen atoms in total. The van der Waals surface area contributed by atoms with E-state index in [1.54, 1.807) is 34.9 Å². The summed E-state index contributed by atoms with van der Waals surface area (Å²) in [4.78, 5) is 24.9. The zero-order chi connectivity index (χ0) is 26.9. The van der Waals surface area contributed by atoms with Gasteiger partial charge in [0.1, 0.15) is 11.8 Å². The lowest BCUT2D eigenvalue weighted by Crippen LogP contribution is -2.35. The van der Waals surface area contributed by atoms with Crippen molar-refractivity contribution in [2.75, 3.05) is 24.8 Å². The van der Waals surface area contributed by atoms with Crippen LogP contribution in [0.4, 0.5) is 11.8 Å². The van der Waals surface area contributed by atoms with Crippen LogP contribution in [0.1, 0.15) is 32.4 Å². The number of ether oxygens (including phenoxy) is 2. The second-order valence-corrected chi connectivity index (χ2v) is 10.8. The molecule has 4 atom stereocenters. The Hall–Kier alpha value is -3.58. The predicted octanol–water partition coefficient (Wildman–Crippen LogP) is 2.64. The lowest BCUT2D eigenvalue weighted by molar-refractivity contribution is -0.142. The Bertz CT molecular complexity index is 1380. The largest absolute Gasteiger partial charge is 0.468 e. The highest BCUT2D eigenvalue weighted by Gasteiger charge is 2.38. The molecule has 2 fully saturated rings. The molecule has 0 unspecified atom stereocenters. The Morgan fingerprint density at radius 2 is 2.08 bits per heavy atom. The van der Waals surface area contributed by atoms with Crippen LogP contribution >= 0.6 is 7.75 Å². The van der Waals surface area contributed by atoms with Gasteiger partial charge in [-0.25, -0.2) is 9.55 Å². The van der Waals surface area contributed by atoms with Gasteiger partial charge in [-0.2, -0.15) is 15.1 Å². The quantitative estimate of drug-likeness (QED) is 0.204. The monoisotopic (exact) mass is 544 g/mol. The number of hydrogen-bond donors (Lipinski definition) is 4. The highest BCUT2D eigenvalue weighted by Crippen LogP contribution is 2.45. The summed E-state index contributed by atoms with van der Waals surface area (Å²) in [6.07, 6.45) is 2.40. The normalized spacial score (nSPS) is 21.7. The molecule has 0 radical (unpaired) electrons. The van der Waals surface area contributed by atoms with Gasteiger partial charge in [-0.3, -0.25) is 13.9 Å². The molecule has 2 aliphatic rings. The van der Waals surface area contributed by atoms with E-state index in [0.29, 0.717) is 23.0 Å². The summed E-state index contributed by atoms with van der Waals surface area (Å²) in [5.41, 5.74) is 7.15. The van der Waals surface area contributed by atoms with Gasteiger partial charge in [0.2, 0.25) is 5.95 Å². The second-order valence-electron chi connectivity index (χ2n) is 9.08. The third-order valence-electron chi connectivity index (χ3n) is 5.98. The predicted molar refractivity (Wildman–Crippen MR) is 138 cm³/mol. The number of carbonyl (C=O) groups is 1. The zero-order valence-corrected chi connectivity index (χ0v) is 21.8. The number of aromatic nitrogens is 4. The fourth-order valence-electron chi connectivity index (χ4n) is 3.97. The van der Waals surface area contributed by atoms with Crippen molar-refractivity contribution in [3.05, 3.63) is 36.7 Å². The van der Waals surface area contributed by atoms with Gasteiger partial charge in [0.25, 0.3) is 0 Å². The first-order valence-corrected chi connectivity index (χ1v) is 13.6. The van der Waals surface area contributed by atoms with E-state index in [9.17, 15) is 9.36 Å². The van der Waals surface area contributed by atoms with Crippen molar-refractivity contribution in [3.63, 3.8) is 0 Å². The van der Waals surface area contributed by atoms with Crippen LogP contribution < -0.4 is 20.7 Å². The van der Waals surface area contributed by atoms with Crippen LogP contribution in [0.25, 0.3) is 11.2 Å². The van der Waals surface area contributed by atoms with Gasteiger partial charge in [0.15, 0.2) is 23.2 Å². The number of nitrogens with one attached hydrogen (secondary N) is 3. The maximum atomic E-state index is 13.6. The molecule has 2 aromatic heterocycles. The average Bonchev–Trinajstić information content (AvgIpc) is 3.49. The van der Waals surface area contributed by atoms with Crippen molar-refractivity contribution in [1.82, 2.24) is 24.6 Å². The highest BCUT2D eigenvalue weighted by molar-refractivity contribution is 7.52. The van der Waals surface area contributed by atoms with E-state index in [1.165, 1.54) is 20.4 Å². The maximum absolute atomic E-state index is 13.6. The third-order valence-corrected chi connectivity index (χ3v) is 7.63. The molecule has 1 aliphatic heterocycles. The van der Waals surface area contributed by atoms with E-state index >= 15 is 0 Å². The van der Waals surface area contributed by atoms with Crippen molar-refractivity contribution < 1.29 is 27.9 Å². The number of methoxy groups -OCH3 is 1. The summed E-state index contributed by atoms with van der Waals surface area (Å²) in [5.74, 6) is 0.281. The third kappa shape index (κ3) is 5.78. The van der Waals surface area contributed by atoms with Crippen LogP contribution in [0.15, 0.2) is 36.7 Å². The Kier molecular flexibility index (Phi) is 7.30. The summed E-state index contributed by atoms with van der Waals surface area (Å²) >= 11 is 0. The Balaban J connectivity index is 1.30. The molecule has 15 heteroatoms. The first-order chi connectivity index (χ1) is 18.2. The molecular weight excluding hydrogens is 515 g/mol. The van der Waals surface area contributed by atoms with E-state index in [4.69, 9.17) is 29.7 Å². The number of fused-ring (bicyclic) bond motifs is 1. The van der Waals surface area contributed by atoms with Crippen molar-refractivity contribution >= 4 is 42.4 Å².